The smallest absolute Gasteiger partial charge is 0.167 e. The van der Waals surface area contributed by atoms with Crippen LogP contribution >= 0.6 is 0 Å². The quantitative estimate of drug-likeness (QED) is 0.427. The molecule has 0 spiro atoms. The van der Waals surface area contributed by atoms with Crippen LogP contribution in [0, 0.1) is 35.0 Å². The van der Waals surface area contributed by atoms with Gasteiger partial charge in [0, 0.05) is 29.9 Å². The van der Waals surface area contributed by atoms with Crippen molar-refractivity contribution in [2.75, 3.05) is 6.61 Å². The summed E-state index contributed by atoms with van der Waals surface area (Å²) in [5, 5.41) is 41.1. The van der Waals surface area contributed by atoms with E-state index in [4.69, 9.17) is 0 Å². The molecule has 2 saturated carbocycles. The first kappa shape index (κ1) is 22.1. The van der Waals surface area contributed by atoms with Gasteiger partial charge < -0.3 is 20.4 Å². The molecule has 0 amide bonds. The second-order valence-corrected chi connectivity index (χ2v) is 9.32. The molecule has 0 radical (unpaired) electrons. The van der Waals surface area contributed by atoms with Gasteiger partial charge in [-0.3, -0.25) is 9.59 Å². The van der Waals surface area contributed by atoms with Crippen molar-refractivity contribution >= 4 is 11.6 Å². The molecule has 0 bridgehead atoms. The van der Waals surface area contributed by atoms with E-state index >= 15 is 0 Å². The Morgan fingerprint density at radius 2 is 1.85 bits per heavy atom. The van der Waals surface area contributed by atoms with Gasteiger partial charge in [-0.15, -0.1) is 0 Å². The average Bonchev–Trinajstić information content (AvgIpc) is 2.55. The minimum atomic E-state index is -1.81. The van der Waals surface area contributed by atoms with Crippen LogP contribution in [0.1, 0.15) is 53.9 Å². The number of hydrogen-bond donors (Lipinski definition) is 4. The Kier molecular flexibility index (Phi) is 5.96. The molecule has 27 heavy (non-hydrogen) atoms. The number of allylic oxidation sites excluding steroid dienone is 1. The molecule has 4 N–H and O–H groups in total. The van der Waals surface area contributed by atoms with Crippen LogP contribution in [0.25, 0.3) is 0 Å². The van der Waals surface area contributed by atoms with Crippen molar-refractivity contribution in [3.05, 3.63) is 12.3 Å². The minimum Gasteiger partial charge on any atom is -0.515 e. The molecule has 0 unspecified atom stereocenters. The predicted molar refractivity (Wildman–Crippen MR) is 101 cm³/mol. The summed E-state index contributed by atoms with van der Waals surface area (Å²) in [6.07, 6.45) is 2.90. The number of ketones is 2. The number of aliphatic hydroxyl groups is 4. The zero-order valence-corrected chi connectivity index (χ0v) is 17.0. The van der Waals surface area contributed by atoms with Crippen LogP contribution in [0.5, 0.6) is 0 Å². The summed E-state index contributed by atoms with van der Waals surface area (Å²) >= 11 is 0. The fourth-order valence-electron chi connectivity index (χ4n) is 6.47. The van der Waals surface area contributed by atoms with Crippen LogP contribution in [0.2, 0.25) is 0 Å². The number of Topliss-reactive ketones (excluding diaryl/α,β-unsaturated/α-hetero) is 1. The standard InChI is InChI=1S/C21H34O6/c1-6-13(11-23)17-20(4,15(24)7-8-22)16-12(2)9-19(3,26)10-14(16)18(25)21(17,5)27/h7-8,12-14,16-17,22-23,26-27H,6,9-11H2,1-5H3/b8-7-/t12-,13-,14-,16-,17-,19-,20-,21+/m1/s1. The van der Waals surface area contributed by atoms with Gasteiger partial charge in [0.1, 0.15) is 5.60 Å². The number of hydrogen-bond acceptors (Lipinski definition) is 6. The highest BCUT2D eigenvalue weighted by Crippen LogP contribution is 2.61. The van der Waals surface area contributed by atoms with E-state index in [1.54, 1.807) is 13.8 Å². The molecule has 8 atom stereocenters. The van der Waals surface area contributed by atoms with Crippen LogP contribution in [0.4, 0.5) is 0 Å². The molecule has 2 rings (SSSR count). The molecule has 2 aliphatic rings. The first-order valence-electron chi connectivity index (χ1n) is 9.83. The normalized spacial score (nSPS) is 46.3. The van der Waals surface area contributed by atoms with E-state index in [1.165, 1.54) is 6.92 Å². The maximum absolute atomic E-state index is 13.3. The third-order valence-corrected chi connectivity index (χ3v) is 7.23. The van der Waals surface area contributed by atoms with Crippen molar-refractivity contribution in [3.63, 3.8) is 0 Å². The van der Waals surface area contributed by atoms with E-state index in [9.17, 15) is 30.0 Å². The number of rotatable bonds is 5. The summed E-state index contributed by atoms with van der Waals surface area (Å²) in [7, 11) is 0. The van der Waals surface area contributed by atoms with E-state index in [2.05, 4.69) is 0 Å². The maximum atomic E-state index is 13.3. The van der Waals surface area contributed by atoms with Crippen LogP contribution < -0.4 is 0 Å². The molecule has 6 nitrogen and oxygen atoms in total. The first-order valence-corrected chi connectivity index (χ1v) is 9.83. The highest BCUT2D eigenvalue weighted by atomic mass is 16.3. The van der Waals surface area contributed by atoms with Gasteiger partial charge in [-0.25, -0.2) is 0 Å². The highest BCUT2D eigenvalue weighted by molar-refractivity contribution is 6.00. The number of fused-ring (bicyclic) bond motifs is 1. The van der Waals surface area contributed by atoms with Gasteiger partial charge in [0.05, 0.1) is 11.9 Å². The van der Waals surface area contributed by atoms with Crippen LogP contribution in [0.3, 0.4) is 0 Å². The molecule has 0 aromatic rings. The Labute approximate surface area is 161 Å². The van der Waals surface area contributed by atoms with Gasteiger partial charge in [0.15, 0.2) is 11.6 Å². The summed E-state index contributed by atoms with van der Waals surface area (Å²) < 4.78 is 0. The molecular formula is C21H34O6. The van der Waals surface area contributed by atoms with Crippen LogP contribution in [0.15, 0.2) is 12.3 Å². The van der Waals surface area contributed by atoms with E-state index in [1.807, 2.05) is 13.8 Å². The fraction of sp³-hybridized carbons (Fsp3) is 0.810. The molecule has 0 aliphatic heterocycles. The number of carbonyl (C=O) groups is 2. The van der Waals surface area contributed by atoms with Gasteiger partial charge >= 0.3 is 0 Å². The summed E-state index contributed by atoms with van der Waals surface area (Å²) in [6.45, 7) is 8.38. The Morgan fingerprint density at radius 3 is 2.33 bits per heavy atom. The van der Waals surface area contributed by atoms with Crippen LogP contribution in [-0.4, -0.2) is 49.8 Å². The molecule has 0 saturated heterocycles. The Bertz CT molecular complexity index is 618. The average molecular weight is 382 g/mol. The molecule has 0 aromatic heterocycles. The summed E-state index contributed by atoms with van der Waals surface area (Å²) in [4.78, 5) is 26.5. The summed E-state index contributed by atoms with van der Waals surface area (Å²) in [5.74, 6) is -3.15. The van der Waals surface area contributed by atoms with Gasteiger partial charge in [0.2, 0.25) is 0 Å². The van der Waals surface area contributed by atoms with E-state index in [-0.39, 0.29) is 36.4 Å². The largest absolute Gasteiger partial charge is 0.515 e. The van der Waals surface area contributed by atoms with Crippen molar-refractivity contribution in [3.8, 4) is 0 Å². The molecule has 6 heteroatoms. The Balaban J connectivity index is 2.74. The third kappa shape index (κ3) is 3.36. The van der Waals surface area contributed by atoms with Gasteiger partial charge in [-0.2, -0.15) is 0 Å². The zero-order chi connectivity index (χ0) is 20.8. The molecule has 2 aliphatic carbocycles. The number of aliphatic hydroxyl groups excluding tert-OH is 2. The lowest BCUT2D eigenvalue weighted by atomic mass is 9.42. The SMILES string of the molecule is CC[C@H](CO)[C@@H]1[C@](C)(C(=O)/C=C\O)[C@@H]2[C@H](C)C[C@@](C)(O)C[C@H]2C(=O)[C@@]1(C)O. The molecule has 2 fully saturated rings. The molecular weight excluding hydrogens is 348 g/mol. The molecule has 0 heterocycles. The lowest BCUT2D eigenvalue weighted by molar-refractivity contribution is -0.205. The Morgan fingerprint density at radius 1 is 1.26 bits per heavy atom. The van der Waals surface area contributed by atoms with Crippen LogP contribution in [-0.2, 0) is 9.59 Å². The van der Waals surface area contributed by atoms with Crippen molar-refractivity contribution in [1.82, 2.24) is 0 Å². The van der Waals surface area contributed by atoms with Crippen molar-refractivity contribution < 1.29 is 30.0 Å². The van der Waals surface area contributed by atoms with Crippen molar-refractivity contribution in [2.24, 2.45) is 35.0 Å². The van der Waals surface area contributed by atoms with Gasteiger partial charge in [0.25, 0.3) is 0 Å². The fourth-order valence-corrected chi connectivity index (χ4v) is 6.47. The predicted octanol–water partition coefficient (Wildman–Crippen LogP) is 2.02. The third-order valence-electron chi connectivity index (χ3n) is 7.23. The van der Waals surface area contributed by atoms with Gasteiger partial charge in [-0.1, -0.05) is 27.2 Å². The van der Waals surface area contributed by atoms with E-state index in [0.717, 1.165) is 6.08 Å². The lowest BCUT2D eigenvalue weighted by Gasteiger charge is -2.61. The van der Waals surface area contributed by atoms with E-state index < -0.39 is 34.4 Å². The second-order valence-electron chi connectivity index (χ2n) is 9.32. The topological polar surface area (TPSA) is 115 Å². The lowest BCUT2D eigenvalue weighted by Crippen LogP contribution is -2.69. The number of carbonyl (C=O) groups excluding carboxylic acids is 2. The van der Waals surface area contributed by atoms with E-state index in [0.29, 0.717) is 19.1 Å². The summed E-state index contributed by atoms with van der Waals surface area (Å²) in [5.41, 5.74) is -4.01. The summed E-state index contributed by atoms with van der Waals surface area (Å²) in [6, 6.07) is 0. The van der Waals surface area contributed by atoms with Gasteiger partial charge in [-0.05, 0) is 44.4 Å². The molecule has 0 aromatic carbocycles. The zero-order valence-electron chi connectivity index (χ0n) is 17.0. The van der Waals surface area contributed by atoms with Crippen molar-refractivity contribution in [2.45, 2.75) is 65.1 Å². The highest BCUT2D eigenvalue weighted by Gasteiger charge is 2.67. The maximum Gasteiger partial charge on any atom is 0.167 e. The minimum absolute atomic E-state index is 0.140. The first-order chi connectivity index (χ1) is 12.4. The monoisotopic (exact) mass is 382 g/mol. The molecule has 154 valence electrons. The van der Waals surface area contributed by atoms with Crippen molar-refractivity contribution in [1.29, 1.82) is 0 Å². The second kappa shape index (κ2) is 7.30. The Hall–Kier alpha value is -1.24.